The van der Waals surface area contributed by atoms with Crippen LogP contribution in [0.25, 0.3) is 0 Å². The number of halogens is 4. The lowest BCUT2D eigenvalue weighted by Crippen LogP contribution is -2.45. The maximum Gasteiger partial charge on any atom is 0.137 e. The van der Waals surface area contributed by atoms with Crippen LogP contribution >= 0.6 is 40.7 Å². The average molecular weight is 420 g/mol. The molecule has 0 aliphatic carbocycles. The van der Waals surface area contributed by atoms with E-state index in [9.17, 15) is 4.39 Å². The Kier molecular flexibility index (Phi) is 10.4. The van der Waals surface area contributed by atoms with Crippen molar-refractivity contribution in [2.45, 2.75) is 6.04 Å². The molecule has 1 aliphatic rings. The molecule has 1 atom stereocenters. The number of benzene rings is 1. The van der Waals surface area contributed by atoms with Gasteiger partial charge in [0.2, 0.25) is 0 Å². The van der Waals surface area contributed by atoms with Gasteiger partial charge >= 0.3 is 0 Å². The van der Waals surface area contributed by atoms with E-state index in [1.807, 2.05) is 12.1 Å². The maximum absolute atomic E-state index is 13.5. The highest BCUT2D eigenvalue weighted by Gasteiger charge is 2.24. The number of alkyl halides is 1. The van der Waals surface area contributed by atoms with Crippen LogP contribution in [0.15, 0.2) is 16.6 Å². The first-order chi connectivity index (χ1) is 9.71. The van der Waals surface area contributed by atoms with Gasteiger partial charge in [-0.05, 0) is 33.6 Å². The molecule has 0 spiro atoms. The third kappa shape index (κ3) is 4.86. The summed E-state index contributed by atoms with van der Waals surface area (Å²) in [6, 6.07) is 3.49. The second-order valence-corrected chi connectivity index (χ2v) is 5.49. The minimum atomic E-state index is -0.423. The molecule has 128 valence electrons. The normalized spacial score (nSPS) is 16.2. The highest BCUT2D eigenvalue weighted by molar-refractivity contribution is 9.10. The molecule has 8 heteroatoms. The number of piperazine rings is 1. The van der Waals surface area contributed by atoms with Crippen molar-refractivity contribution in [2.24, 2.45) is 0 Å². The molecule has 2 rings (SSSR count). The van der Waals surface area contributed by atoms with Crippen LogP contribution in [-0.4, -0.2) is 52.0 Å². The van der Waals surface area contributed by atoms with Crippen LogP contribution in [0, 0.1) is 0 Å². The van der Waals surface area contributed by atoms with E-state index < -0.39 is 6.67 Å². The van der Waals surface area contributed by atoms with E-state index in [0.717, 1.165) is 36.2 Å². The molecular formula is C14H22BrCl2FN2O2. The standard InChI is InChI=1S/C14H20BrFN2O2.2ClH/c1-19-12-7-10(8-13(20-2)14(12)15)11(9-16)18-5-3-17-4-6-18;;/h7-8,11,17H,3-6,9H2,1-2H3;2*1H/t11-;;/m0../s1. The summed E-state index contributed by atoms with van der Waals surface area (Å²) in [5.41, 5.74) is 0.881. The maximum atomic E-state index is 13.5. The summed E-state index contributed by atoms with van der Waals surface area (Å²) in [5, 5.41) is 3.28. The molecule has 0 radical (unpaired) electrons. The molecule has 0 saturated carbocycles. The largest absolute Gasteiger partial charge is 0.495 e. The zero-order valence-corrected chi connectivity index (χ0v) is 15.8. The summed E-state index contributed by atoms with van der Waals surface area (Å²) in [5.74, 6) is 1.32. The number of nitrogens with zero attached hydrogens (tertiary/aromatic N) is 1. The van der Waals surface area contributed by atoms with Crippen molar-refractivity contribution in [3.8, 4) is 11.5 Å². The molecule has 0 amide bonds. The van der Waals surface area contributed by atoms with Crippen molar-refractivity contribution >= 4 is 40.7 Å². The number of hydrogen-bond acceptors (Lipinski definition) is 4. The van der Waals surface area contributed by atoms with Gasteiger partial charge in [0.25, 0.3) is 0 Å². The summed E-state index contributed by atoms with van der Waals surface area (Å²) >= 11 is 3.44. The Labute approximate surface area is 151 Å². The van der Waals surface area contributed by atoms with Crippen molar-refractivity contribution in [1.82, 2.24) is 10.2 Å². The monoisotopic (exact) mass is 418 g/mol. The van der Waals surface area contributed by atoms with Gasteiger partial charge in [-0.15, -0.1) is 24.8 Å². The molecule has 1 fully saturated rings. The van der Waals surface area contributed by atoms with Crippen LogP contribution in [0.2, 0.25) is 0 Å². The summed E-state index contributed by atoms with van der Waals surface area (Å²) in [6.45, 7) is 3.04. The first-order valence-corrected chi connectivity index (χ1v) is 7.42. The van der Waals surface area contributed by atoms with E-state index >= 15 is 0 Å². The van der Waals surface area contributed by atoms with Gasteiger partial charge in [-0.1, -0.05) is 0 Å². The molecule has 1 aromatic carbocycles. The third-order valence-electron chi connectivity index (χ3n) is 3.59. The van der Waals surface area contributed by atoms with Gasteiger partial charge in [0, 0.05) is 26.2 Å². The lowest BCUT2D eigenvalue weighted by Gasteiger charge is -2.34. The average Bonchev–Trinajstić information content (AvgIpc) is 2.50. The van der Waals surface area contributed by atoms with Gasteiger partial charge in [0.15, 0.2) is 0 Å². The highest BCUT2D eigenvalue weighted by Crippen LogP contribution is 2.38. The highest BCUT2D eigenvalue weighted by atomic mass is 79.9. The van der Waals surface area contributed by atoms with Crippen molar-refractivity contribution in [3.63, 3.8) is 0 Å². The summed E-state index contributed by atoms with van der Waals surface area (Å²) in [7, 11) is 3.19. The zero-order chi connectivity index (χ0) is 14.5. The Morgan fingerprint density at radius 1 is 1.18 bits per heavy atom. The third-order valence-corrected chi connectivity index (χ3v) is 4.37. The van der Waals surface area contributed by atoms with Crippen molar-refractivity contribution in [2.75, 3.05) is 47.1 Å². The predicted octanol–water partition coefficient (Wildman–Crippen LogP) is 3.23. The van der Waals surface area contributed by atoms with Crippen molar-refractivity contribution in [1.29, 1.82) is 0 Å². The van der Waals surface area contributed by atoms with E-state index in [1.54, 1.807) is 14.2 Å². The van der Waals surface area contributed by atoms with Crippen LogP contribution in [0.3, 0.4) is 0 Å². The molecular weight excluding hydrogens is 398 g/mol. The van der Waals surface area contributed by atoms with Crippen LogP contribution < -0.4 is 14.8 Å². The number of methoxy groups -OCH3 is 2. The Morgan fingerprint density at radius 3 is 2.09 bits per heavy atom. The first kappa shape index (κ1) is 21.7. The topological polar surface area (TPSA) is 33.7 Å². The number of ether oxygens (including phenoxy) is 2. The van der Waals surface area contributed by atoms with Gasteiger partial charge in [0.1, 0.15) is 22.6 Å². The van der Waals surface area contributed by atoms with E-state index in [-0.39, 0.29) is 30.9 Å². The molecule has 1 aliphatic heterocycles. The Hall–Kier alpha value is -0.270. The second-order valence-electron chi connectivity index (χ2n) is 4.70. The molecule has 0 bridgehead atoms. The van der Waals surface area contributed by atoms with Gasteiger partial charge in [-0.25, -0.2) is 4.39 Å². The number of rotatable bonds is 5. The van der Waals surface area contributed by atoms with E-state index in [4.69, 9.17) is 9.47 Å². The van der Waals surface area contributed by atoms with Crippen LogP contribution in [0.5, 0.6) is 11.5 Å². The molecule has 1 aromatic rings. The fourth-order valence-corrected chi connectivity index (χ4v) is 3.03. The quantitative estimate of drug-likeness (QED) is 0.794. The van der Waals surface area contributed by atoms with Gasteiger partial charge in [0.05, 0.1) is 20.3 Å². The van der Waals surface area contributed by atoms with Crippen molar-refractivity contribution < 1.29 is 13.9 Å². The molecule has 22 heavy (non-hydrogen) atoms. The zero-order valence-electron chi connectivity index (χ0n) is 12.6. The fourth-order valence-electron chi connectivity index (χ4n) is 2.47. The SMILES string of the molecule is COc1cc([C@H](CF)N2CCNCC2)cc(OC)c1Br.Cl.Cl. The van der Waals surface area contributed by atoms with Crippen LogP contribution in [0.4, 0.5) is 4.39 Å². The fraction of sp³-hybridized carbons (Fsp3) is 0.571. The molecule has 4 nitrogen and oxygen atoms in total. The predicted molar refractivity (Wildman–Crippen MR) is 94.9 cm³/mol. The Morgan fingerprint density at radius 2 is 1.68 bits per heavy atom. The minimum Gasteiger partial charge on any atom is -0.495 e. The lowest BCUT2D eigenvalue weighted by molar-refractivity contribution is 0.147. The smallest absolute Gasteiger partial charge is 0.137 e. The summed E-state index contributed by atoms with van der Waals surface area (Å²) < 4.78 is 25.0. The number of hydrogen-bond donors (Lipinski definition) is 1. The molecule has 0 unspecified atom stereocenters. The molecule has 1 heterocycles. The molecule has 1 saturated heterocycles. The summed E-state index contributed by atoms with van der Waals surface area (Å²) in [4.78, 5) is 2.15. The molecule has 0 aromatic heterocycles. The minimum absolute atomic E-state index is 0. The van der Waals surface area contributed by atoms with Gasteiger partial charge in [-0.2, -0.15) is 0 Å². The lowest BCUT2D eigenvalue weighted by atomic mass is 10.0. The Balaban J connectivity index is 0.00000220. The van der Waals surface area contributed by atoms with E-state index in [0.29, 0.717) is 11.5 Å². The van der Waals surface area contributed by atoms with Crippen molar-refractivity contribution in [3.05, 3.63) is 22.2 Å². The molecule has 1 N–H and O–H groups in total. The first-order valence-electron chi connectivity index (χ1n) is 6.63. The van der Waals surface area contributed by atoms with E-state index in [1.165, 1.54) is 0 Å². The van der Waals surface area contributed by atoms with Gasteiger partial charge < -0.3 is 14.8 Å². The van der Waals surface area contributed by atoms with Gasteiger partial charge in [-0.3, -0.25) is 4.90 Å². The second kappa shape index (κ2) is 10.5. The van der Waals surface area contributed by atoms with Crippen LogP contribution in [-0.2, 0) is 0 Å². The Bertz CT molecular complexity index is 437. The number of nitrogens with one attached hydrogen (secondary N) is 1. The van der Waals surface area contributed by atoms with E-state index in [2.05, 4.69) is 26.1 Å². The van der Waals surface area contributed by atoms with Crippen LogP contribution in [0.1, 0.15) is 11.6 Å². The summed E-state index contributed by atoms with van der Waals surface area (Å²) in [6.07, 6.45) is 0.